The smallest absolute Gasteiger partial charge is 0.251 e. The van der Waals surface area contributed by atoms with Crippen LogP contribution in [0.25, 0.3) is 0 Å². The number of pyridine rings is 1. The number of benzene rings is 1. The predicted molar refractivity (Wildman–Crippen MR) is 131 cm³/mol. The van der Waals surface area contributed by atoms with Crippen LogP contribution in [0, 0.1) is 5.92 Å². The summed E-state index contributed by atoms with van der Waals surface area (Å²) in [5, 5.41) is 8.87. The maximum atomic E-state index is 14.1. The predicted octanol–water partition coefficient (Wildman–Crippen LogP) is 2.65. The molecule has 1 saturated carbocycles. The van der Waals surface area contributed by atoms with Gasteiger partial charge in [-0.05, 0) is 56.5 Å². The van der Waals surface area contributed by atoms with Crippen molar-refractivity contribution in [3.8, 4) is 0 Å². The first kappa shape index (κ1) is 23.9. The van der Waals surface area contributed by atoms with Gasteiger partial charge in [-0.1, -0.05) is 43.5 Å². The van der Waals surface area contributed by atoms with E-state index in [1.165, 1.54) is 4.90 Å². The van der Waals surface area contributed by atoms with E-state index in [0.29, 0.717) is 17.9 Å². The molecule has 8 heteroatoms. The Balaban J connectivity index is 1.64. The van der Waals surface area contributed by atoms with Gasteiger partial charge in [0.15, 0.2) is 0 Å². The number of anilines is 2. The molecular weight excluding hydrogens is 430 g/mol. The molecule has 1 aliphatic carbocycles. The summed E-state index contributed by atoms with van der Waals surface area (Å²) in [5.74, 6) is -0.237. The molecule has 2 heterocycles. The van der Waals surface area contributed by atoms with Gasteiger partial charge in [0.25, 0.3) is 5.91 Å². The van der Waals surface area contributed by atoms with Gasteiger partial charge in [0.2, 0.25) is 11.8 Å². The molecule has 180 valence electrons. The Bertz CT molecular complexity index is 1020. The average Bonchev–Trinajstić information content (AvgIpc) is 3.27. The highest BCUT2D eigenvalue weighted by atomic mass is 16.2. The van der Waals surface area contributed by atoms with Crippen LogP contribution < -0.4 is 20.9 Å². The normalized spacial score (nSPS) is 19.7. The lowest BCUT2D eigenvalue weighted by atomic mass is 9.83. The van der Waals surface area contributed by atoms with Crippen LogP contribution in [0.3, 0.4) is 0 Å². The minimum Gasteiger partial charge on any atom is -0.343 e. The van der Waals surface area contributed by atoms with Crippen molar-refractivity contribution < 1.29 is 14.4 Å². The Morgan fingerprint density at radius 3 is 2.47 bits per heavy atom. The zero-order chi connectivity index (χ0) is 24.1. The van der Waals surface area contributed by atoms with Crippen LogP contribution in [0.1, 0.15) is 44.6 Å². The van der Waals surface area contributed by atoms with Crippen molar-refractivity contribution >= 4 is 29.2 Å². The summed E-state index contributed by atoms with van der Waals surface area (Å²) < 4.78 is 0. The summed E-state index contributed by atoms with van der Waals surface area (Å²) in [7, 11) is 1.71. The molecule has 2 aromatic rings. The van der Waals surface area contributed by atoms with Crippen LogP contribution in [0.4, 0.5) is 11.5 Å². The topological polar surface area (TPSA) is 103 Å². The zero-order valence-corrected chi connectivity index (χ0v) is 19.8. The molecule has 0 spiro atoms. The van der Waals surface area contributed by atoms with E-state index in [0.717, 1.165) is 37.7 Å². The molecule has 0 unspecified atom stereocenters. The molecule has 4 rings (SSSR count). The SMILES string of the molecule is CN[C@@H](C)C(=O)N[C@H](C(=O)N1c2ncccc2C[C@H]1C(=O)Nc1ccccc1)C1CCCCC1. The zero-order valence-electron chi connectivity index (χ0n) is 19.8. The lowest BCUT2D eigenvalue weighted by Crippen LogP contribution is -2.58. The molecule has 3 amide bonds. The summed E-state index contributed by atoms with van der Waals surface area (Å²) in [5.41, 5.74) is 1.52. The quantitative estimate of drug-likeness (QED) is 0.586. The highest BCUT2D eigenvalue weighted by Crippen LogP contribution is 2.34. The number of para-hydroxylation sites is 1. The Morgan fingerprint density at radius 1 is 1.03 bits per heavy atom. The van der Waals surface area contributed by atoms with Crippen molar-refractivity contribution in [2.24, 2.45) is 5.92 Å². The summed E-state index contributed by atoms with van der Waals surface area (Å²) >= 11 is 0. The first-order valence-corrected chi connectivity index (χ1v) is 12.1. The second-order valence-corrected chi connectivity index (χ2v) is 9.16. The van der Waals surface area contributed by atoms with E-state index in [2.05, 4.69) is 20.9 Å². The number of carbonyl (C=O) groups excluding carboxylic acids is 3. The van der Waals surface area contributed by atoms with Gasteiger partial charge in [0.05, 0.1) is 6.04 Å². The molecule has 0 saturated heterocycles. The van der Waals surface area contributed by atoms with Gasteiger partial charge in [-0.2, -0.15) is 0 Å². The van der Waals surface area contributed by atoms with Crippen LogP contribution in [-0.2, 0) is 20.8 Å². The van der Waals surface area contributed by atoms with E-state index < -0.39 is 18.1 Å². The number of aromatic nitrogens is 1. The number of nitrogens with zero attached hydrogens (tertiary/aromatic N) is 2. The maximum absolute atomic E-state index is 14.1. The Hall–Kier alpha value is -3.26. The van der Waals surface area contributed by atoms with Crippen LogP contribution in [0.5, 0.6) is 0 Å². The molecule has 1 aromatic carbocycles. The molecule has 34 heavy (non-hydrogen) atoms. The van der Waals surface area contributed by atoms with Crippen molar-refractivity contribution in [3.05, 3.63) is 54.2 Å². The number of amides is 3. The van der Waals surface area contributed by atoms with Gasteiger partial charge in [-0.15, -0.1) is 0 Å². The standard InChI is InChI=1S/C26H33N5O3/c1-17(27-2)24(32)30-22(18-10-5-3-6-11-18)26(34)31-21(16-19-12-9-15-28-23(19)31)25(33)29-20-13-7-4-8-14-20/h4,7-9,12-15,17-18,21-22,27H,3,5-6,10-11,16H2,1-2H3,(H,29,33)(H,30,32)/t17-,21-,22-/m0/s1. The van der Waals surface area contributed by atoms with E-state index in [-0.39, 0.29) is 23.6 Å². The second kappa shape index (κ2) is 10.8. The van der Waals surface area contributed by atoms with Crippen LogP contribution in [0.15, 0.2) is 48.7 Å². The lowest BCUT2D eigenvalue weighted by molar-refractivity contribution is -0.131. The van der Waals surface area contributed by atoms with Crippen LogP contribution >= 0.6 is 0 Å². The molecule has 0 radical (unpaired) electrons. The van der Waals surface area contributed by atoms with Gasteiger partial charge in [0, 0.05) is 18.3 Å². The molecule has 1 fully saturated rings. The third-order valence-corrected chi connectivity index (χ3v) is 6.91. The van der Waals surface area contributed by atoms with Crippen molar-refractivity contribution in [1.82, 2.24) is 15.6 Å². The molecular formula is C26H33N5O3. The molecule has 3 atom stereocenters. The Kier molecular flexibility index (Phi) is 7.57. The highest BCUT2D eigenvalue weighted by Gasteiger charge is 2.44. The summed E-state index contributed by atoms with van der Waals surface area (Å²) in [6.07, 6.45) is 6.94. The Labute approximate surface area is 200 Å². The number of hydrogen-bond acceptors (Lipinski definition) is 5. The average molecular weight is 464 g/mol. The molecule has 8 nitrogen and oxygen atoms in total. The molecule has 1 aliphatic heterocycles. The van der Waals surface area contributed by atoms with Crippen molar-refractivity contribution in [2.45, 2.75) is 63.6 Å². The van der Waals surface area contributed by atoms with E-state index in [9.17, 15) is 14.4 Å². The molecule has 1 aromatic heterocycles. The number of nitrogens with one attached hydrogen (secondary N) is 3. The Morgan fingerprint density at radius 2 is 1.76 bits per heavy atom. The fourth-order valence-electron chi connectivity index (χ4n) is 4.88. The van der Waals surface area contributed by atoms with E-state index in [4.69, 9.17) is 0 Å². The first-order chi connectivity index (χ1) is 16.5. The first-order valence-electron chi connectivity index (χ1n) is 12.1. The number of rotatable bonds is 7. The number of carbonyl (C=O) groups is 3. The third-order valence-electron chi connectivity index (χ3n) is 6.91. The largest absolute Gasteiger partial charge is 0.343 e. The van der Waals surface area contributed by atoms with Crippen LogP contribution in [0.2, 0.25) is 0 Å². The minimum atomic E-state index is -0.734. The van der Waals surface area contributed by atoms with Crippen molar-refractivity contribution in [1.29, 1.82) is 0 Å². The molecule has 3 N–H and O–H groups in total. The minimum absolute atomic E-state index is 0.0276. The fraction of sp³-hybridized carbons (Fsp3) is 0.462. The van der Waals surface area contributed by atoms with Gasteiger partial charge >= 0.3 is 0 Å². The summed E-state index contributed by atoms with van der Waals surface area (Å²) in [6, 6.07) is 11.0. The van der Waals surface area contributed by atoms with E-state index in [1.54, 1.807) is 20.2 Å². The molecule has 2 aliphatic rings. The van der Waals surface area contributed by atoms with Gasteiger partial charge in [-0.3, -0.25) is 19.3 Å². The number of hydrogen-bond donors (Lipinski definition) is 3. The van der Waals surface area contributed by atoms with E-state index >= 15 is 0 Å². The van der Waals surface area contributed by atoms with Crippen LogP contribution in [-0.4, -0.2) is 47.9 Å². The fourth-order valence-corrected chi connectivity index (χ4v) is 4.88. The maximum Gasteiger partial charge on any atom is 0.251 e. The highest BCUT2D eigenvalue weighted by molar-refractivity contribution is 6.09. The van der Waals surface area contributed by atoms with E-state index in [1.807, 2.05) is 42.5 Å². The second-order valence-electron chi connectivity index (χ2n) is 9.16. The monoisotopic (exact) mass is 463 g/mol. The van der Waals surface area contributed by atoms with Crippen molar-refractivity contribution in [3.63, 3.8) is 0 Å². The summed E-state index contributed by atoms with van der Waals surface area (Å²) in [4.78, 5) is 46.2. The van der Waals surface area contributed by atoms with Gasteiger partial charge in [-0.25, -0.2) is 4.98 Å². The summed E-state index contributed by atoms with van der Waals surface area (Å²) in [6.45, 7) is 1.76. The number of likely N-dealkylation sites (N-methyl/N-ethyl adjacent to an activating group) is 1. The molecule has 0 bridgehead atoms. The lowest BCUT2D eigenvalue weighted by Gasteiger charge is -2.35. The van der Waals surface area contributed by atoms with Gasteiger partial charge < -0.3 is 16.0 Å². The number of fused-ring (bicyclic) bond motifs is 1. The third kappa shape index (κ3) is 5.12. The van der Waals surface area contributed by atoms with Gasteiger partial charge in [0.1, 0.15) is 17.9 Å². The van der Waals surface area contributed by atoms with Crippen molar-refractivity contribution in [2.75, 3.05) is 17.3 Å².